The van der Waals surface area contributed by atoms with E-state index in [0.717, 1.165) is 23.4 Å². The molecule has 1 aliphatic carbocycles. The third kappa shape index (κ3) is 7.68. The quantitative estimate of drug-likeness (QED) is 0.221. The molecule has 46 heavy (non-hydrogen) atoms. The lowest BCUT2D eigenvalue weighted by Gasteiger charge is -2.36. The van der Waals surface area contributed by atoms with E-state index < -0.39 is 48.8 Å². The molecule has 0 saturated heterocycles. The van der Waals surface area contributed by atoms with Crippen LogP contribution in [0.5, 0.6) is 0 Å². The Morgan fingerprint density at radius 3 is 2.28 bits per heavy atom. The molecule has 2 amide bonds. The van der Waals surface area contributed by atoms with Crippen molar-refractivity contribution in [3.8, 4) is 22.5 Å². The lowest BCUT2D eigenvalue weighted by atomic mass is 9.90. The van der Waals surface area contributed by atoms with Gasteiger partial charge in [0.15, 0.2) is 5.82 Å². The molecule has 1 fully saturated rings. The summed E-state index contributed by atoms with van der Waals surface area (Å²) < 4.78 is 108. The molecule has 4 aromatic rings. The van der Waals surface area contributed by atoms with Crippen molar-refractivity contribution >= 4 is 17.8 Å². The first-order chi connectivity index (χ1) is 21.7. The van der Waals surface area contributed by atoms with E-state index >= 15 is 0 Å². The number of nitrogens with zero attached hydrogens (tertiary/aromatic N) is 8. The van der Waals surface area contributed by atoms with Crippen molar-refractivity contribution in [1.29, 1.82) is 0 Å². The highest BCUT2D eigenvalue weighted by Gasteiger charge is 2.37. The highest BCUT2D eigenvalue weighted by Crippen LogP contribution is 2.37. The van der Waals surface area contributed by atoms with Gasteiger partial charge in [-0.25, -0.2) is 19.7 Å². The van der Waals surface area contributed by atoms with Gasteiger partial charge in [0.1, 0.15) is 12.1 Å². The fraction of sp³-hybridized carbons (Fsp3) is 0.407. The SMILES string of the molecule is Cn1cc(-c2cnc(N(C(=O)NCC(F)(F)F)C3CCC(Nc4ncc(C(F)(F)F)c(-c5ccn(C(F)F)c5)n4)CC3)cn2)cn1. The van der Waals surface area contributed by atoms with Gasteiger partial charge in [-0.3, -0.25) is 19.1 Å². The Bertz CT molecular complexity index is 1640. The number of carbonyl (C=O) groups excluding carboxylic acids is 1. The topological polar surface area (TPSA) is 119 Å². The third-order valence-electron chi connectivity index (χ3n) is 7.25. The van der Waals surface area contributed by atoms with Crippen LogP contribution in [0.3, 0.4) is 0 Å². The van der Waals surface area contributed by atoms with Crippen LogP contribution >= 0.6 is 0 Å². The zero-order valence-corrected chi connectivity index (χ0v) is 23.9. The van der Waals surface area contributed by atoms with Gasteiger partial charge in [-0.15, -0.1) is 0 Å². The van der Waals surface area contributed by atoms with E-state index in [1.807, 2.05) is 5.32 Å². The summed E-state index contributed by atoms with van der Waals surface area (Å²) in [6.45, 7) is -4.52. The monoisotopic (exact) mass is 658 g/mol. The zero-order chi connectivity index (χ0) is 33.2. The molecule has 0 unspecified atom stereocenters. The second-order valence-electron chi connectivity index (χ2n) is 10.5. The molecular weight excluding hydrogens is 632 g/mol. The molecule has 2 N–H and O–H groups in total. The second kappa shape index (κ2) is 12.9. The van der Waals surface area contributed by atoms with Crippen LogP contribution in [-0.4, -0.2) is 65.1 Å². The van der Waals surface area contributed by atoms with Crippen LogP contribution in [0.4, 0.5) is 51.7 Å². The Labute approximate surface area is 255 Å². The maximum Gasteiger partial charge on any atom is 0.419 e. The number of carbonyl (C=O) groups is 1. The molecule has 4 aromatic heterocycles. The van der Waals surface area contributed by atoms with Crippen LogP contribution < -0.4 is 15.5 Å². The fourth-order valence-corrected chi connectivity index (χ4v) is 5.08. The van der Waals surface area contributed by atoms with E-state index in [4.69, 9.17) is 0 Å². The molecule has 4 heterocycles. The van der Waals surface area contributed by atoms with Gasteiger partial charge in [0, 0.05) is 55.0 Å². The predicted molar refractivity (Wildman–Crippen MR) is 148 cm³/mol. The average molecular weight is 659 g/mol. The summed E-state index contributed by atoms with van der Waals surface area (Å²) in [5.41, 5.74) is -0.898. The summed E-state index contributed by atoms with van der Waals surface area (Å²) in [4.78, 5) is 30.5. The predicted octanol–water partition coefficient (Wildman–Crippen LogP) is 6.05. The summed E-state index contributed by atoms with van der Waals surface area (Å²) >= 11 is 0. The molecule has 0 radical (unpaired) electrons. The summed E-state index contributed by atoms with van der Waals surface area (Å²) in [5, 5.41) is 8.88. The van der Waals surface area contributed by atoms with Crippen molar-refractivity contribution in [2.24, 2.45) is 7.05 Å². The van der Waals surface area contributed by atoms with E-state index in [-0.39, 0.29) is 36.2 Å². The lowest BCUT2D eigenvalue weighted by molar-refractivity contribution is -0.137. The highest BCUT2D eigenvalue weighted by molar-refractivity contribution is 5.91. The first kappa shape index (κ1) is 32.6. The van der Waals surface area contributed by atoms with Crippen LogP contribution in [0.15, 0.2) is 49.4 Å². The van der Waals surface area contributed by atoms with Crippen LogP contribution in [-0.2, 0) is 13.2 Å². The van der Waals surface area contributed by atoms with Gasteiger partial charge >= 0.3 is 24.9 Å². The molecule has 5 rings (SSSR count). The molecule has 0 bridgehead atoms. The van der Waals surface area contributed by atoms with Gasteiger partial charge in [-0.05, 0) is 31.7 Å². The number of rotatable bonds is 8. The zero-order valence-electron chi connectivity index (χ0n) is 23.9. The van der Waals surface area contributed by atoms with Crippen molar-refractivity contribution in [2.45, 2.75) is 56.7 Å². The highest BCUT2D eigenvalue weighted by atomic mass is 19.4. The van der Waals surface area contributed by atoms with Crippen LogP contribution in [0.1, 0.15) is 37.8 Å². The van der Waals surface area contributed by atoms with Crippen LogP contribution in [0.25, 0.3) is 22.5 Å². The number of aromatic nitrogens is 7. The van der Waals surface area contributed by atoms with E-state index in [0.29, 0.717) is 34.9 Å². The Hall–Kier alpha value is -4.84. The minimum absolute atomic E-state index is 0.0233. The number of hydrogen-bond acceptors (Lipinski definition) is 7. The van der Waals surface area contributed by atoms with Gasteiger partial charge in [0.25, 0.3) is 0 Å². The minimum atomic E-state index is -4.85. The number of alkyl halides is 8. The smallest absolute Gasteiger partial charge is 0.351 e. The molecule has 0 atom stereocenters. The molecule has 0 spiro atoms. The summed E-state index contributed by atoms with van der Waals surface area (Å²) in [5.74, 6) is -0.150. The first-order valence-electron chi connectivity index (χ1n) is 13.8. The molecular formula is C27H26F8N10O. The molecule has 0 aromatic carbocycles. The van der Waals surface area contributed by atoms with E-state index in [1.54, 1.807) is 24.1 Å². The largest absolute Gasteiger partial charge is 0.419 e. The molecule has 246 valence electrons. The van der Waals surface area contributed by atoms with Crippen LogP contribution in [0.2, 0.25) is 0 Å². The fourth-order valence-electron chi connectivity index (χ4n) is 5.08. The van der Waals surface area contributed by atoms with Gasteiger partial charge in [-0.1, -0.05) is 0 Å². The molecule has 1 aliphatic rings. The van der Waals surface area contributed by atoms with E-state index in [9.17, 15) is 39.9 Å². The number of urea groups is 1. The lowest BCUT2D eigenvalue weighted by Crippen LogP contribution is -2.50. The number of nitrogens with one attached hydrogen (secondary N) is 2. The van der Waals surface area contributed by atoms with Gasteiger partial charge in [0.2, 0.25) is 5.95 Å². The summed E-state index contributed by atoms with van der Waals surface area (Å²) in [7, 11) is 1.71. The Balaban J connectivity index is 1.32. The summed E-state index contributed by atoms with van der Waals surface area (Å²) in [6, 6.07) is -0.916. The average Bonchev–Trinajstić information content (AvgIpc) is 3.67. The number of halogens is 8. The van der Waals surface area contributed by atoms with Crippen molar-refractivity contribution < 1.29 is 39.9 Å². The molecule has 19 heteroatoms. The molecule has 11 nitrogen and oxygen atoms in total. The number of hydrogen-bond donors (Lipinski definition) is 2. The number of aryl methyl sites for hydroxylation is 1. The van der Waals surface area contributed by atoms with E-state index in [2.05, 4.69) is 30.4 Å². The first-order valence-corrected chi connectivity index (χ1v) is 13.8. The maximum atomic E-state index is 13.7. The van der Waals surface area contributed by atoms with Crippen molar-refractivity contribution in [3.63, 3.8) is 0 Å². The third-order valence-corrected chi connectivity index (χ3v) is 7.25. The van der Waals surface area contributed by atoms with Crippen molar-refractivity contribution in [1.82, 2.24) is 39.6 Å². The van der Waals surface area contributed by atoms with Crippen LogP contribution in [0, 0.1) is 0 Å². The number of anilines is 2. The summed E-state index contributed by atoms with van der Waals surface area (Å²) in [6.07, 6.45) is -0.0626. The standard InChI is InChI=1S/C27H26F8N10O/c1-43-12-16(8-40-43)20-10-37-21(11-36-20)45(25(46)39-14-26(30,31)32)18-4-2-17(3-5-18)41-24-38-9-19(27(33,34)35)22(42-24)15-6-7-44(13-15)23(28)29/h6-13,17-18,23H,2-5,14H2,1H3,(H,39,46)(H,38,41,42). The van der Waals surface area contributed by atoms with E-state index in [1.165, 1.54) is 12.4 Å². The van der Waals surface area contributed by atoms with Gasteiger partial charge < -0.3 is 10.6 Å². The second-order valence-corrected chi connectivity index (χ2v) is 10.5. The molecule has 1 saturated carbocycles. The normalized spacial score (nSPS) is 17.3. The van der Waals surface area contributed by atoms with Gasteiger partial charge in [-0.2, -0.15) is 40.2 Å². The number of amides is 2. The van der Waals surface area contributed by atoms with Crippen molar-refractivity contribution in [2.75, 3.05) is 16.8 Å². The van der Waals surface area contributed by atoms with Crippen molar-refractivity contribution in [3.05, 3.63) is 55.0 Å². The molecule has 0 aliphatic heterocycles. The minimum Gasteiger partial charge on any atom is -0.351 e. The maximum absolute atomic E-state index is 13.7. The van der Waals surface area contributed by atoms with Gasteiger partial charge in [0.05, 0.1) is 30.0 Å². The Morgan fingerprint density at radius 2 is 1.72 bits per heavy atom. The Morgan fingerprint density at radius 1 is 0.978 bits per heavy atom. The Kier molecular flexibility index (Phi) is 9.11.